The van der Waals surface area contributed by atoms with E-state index in [-0.39, 0.29) is 11.7 Å². The molecule has 7 nitrogen and oxygen atoms in total. The summed E-state index contributed by atoms with van der Waals surface area (Å²) in [7, 11) is 1.52. The van der Waals surface area contributed by atoms with E-state index in [1.165, 1.54) is 13.4 Å². The summed E-state index contributed by atoms with van der Waals surface area (Å²) in [6, 6.07) is 10.8. The van der Waals surface area contributed by atoms with Crippen molar-refractivity contribution in [1.29, 1.82) is 5.26 Å². The maximum atomic E-state index is 13.7. The van der Waals surface area contributed by atoms with Crippen molar-refractivity contribution in [3.8, 4) is 11.8 Å². The third-order valence-corrected chi connectivity index (χ3v) is 6.32. The van der Waals surface area contributed by atoms with E-state index in [1.54, 1.807) is 41.4 Å². The van der Waals surface area contributed by atoms with Crippen molar-refractivity contribution in [3.05, 3.63) is 76.3 Å². The zero-order valence-corrected chi connectivity index (χ0v) is 18.0. The molecule has 0 bridgehead atoms. The third-order valence-electron chi connectivity index (χ3n) is 6.32. The summed E-state index contributed by atoms with van der Waals surface area (Å²) in [6.45, 7) is 4.89. The van der Waals surface area contributed by atoms with Crippen LogP contribution in [0.5, 0.6) is 5.75 Å². The minimum absolute atomic E-state index is 0.153. The highest BCUT2D eigenvalue weighted by Gasteiger charge is 2.41. The Labute approximate surface area is 184 Å². The first-order valence-corrected chi connectivity index (χ1v) is 10.3. The van der Waals surface area contributed by atoms with Crippen LogP contribution in [0, 0.1) is 11.3 Å². The molecule has 32 heavy (non-hydrogen) atoms. The second-order valence-corrected chi connectivity index (χ2v) is 8.45. The molecule has 1 aliphatic heterocycles. The molecule has 0 radical (unpaired) electrons. The van der Waals surface area contributed by atoms with Gasteiger partial charge in [0.15, 0.2) is 5.78 Å². The normalized spacial score (nSPS) is 16.2. The van der Waals surface area contributed by atoms with Gasteiger partial charge in [0.25, 0.3) is 5.91 Å². The molecule has 0 saturated heterocycles. The van der Waals surface area contributed by atoms with Crippen molar-refractivity contribution in [1.82, 2.24) is 9.88 Å². The molecule has 0 atom stereocenters. The molecule has 0 fully saturated rings. The van der Waals surface area contributed by atoms with E-state index in [4.69, 9.17) is 9.47 Å². The van der Waals surface area contributed by atoms with Crippen molar-refractivity contribution in [2.45, 2.75) is 19.3 Å². The van der Waals surface area contributed by atoms with Crippen LogP contribution in [-0.4, -0.2) is 41.8 Å². The summed E-state index contributed by atoms with van der Waals surface area (Å²) < 4.78 is 10.8. The standard InChI is InChI=1S/C25H21N3O4/c1-25(2)18-12-20(31-3)17(24(30)28-6-8-32-9-7-28)11-16(18)22(29)21-15-5-4-14(13-26)10-19(15)27-23(21)25/h4-6,8,10-12,27H,7,9H2,1-3H3. The molecule has 5 rings (SSSR count). The number of carbonyl (C=O) groups is 2. The van der Waals surface area contributed by atoms with E-state index in [9.17, 15) is 14.9 Å². The van der Waals surface area contributed by atoms with Crippen LogP contribution in [0.4, 0.5) is 0 Å². The molecule has 160 valence electrons. The van der Waals surface area contributed by atoms with Crippen molar-refractivity contribution in [2.24, 2.45) is 0 Å². The summed E-state index contributed by atoms with van der Waals surface area (Å²) in [4.78, 5) is 31.8. The van der Waals surface area contributed by atoms with Crippen LogP contribution in [0.2, 0.25) is 0 Å². The van der Waals surface area contributed by atoms with Gasteiger partial charge in [0.1, 0.15) is 12.4 Å². The van der Waals surface area contributed by atoms with E-state index >= 15 is 0 Å². The van der Waals surface area contributed by atoms with E-state index in [0.29, 0.717) is 41.2 Å². The van der Waals surface area contributed by atoms with Crippen LogP contribution in [0.15, 0.2) is 42.8 Å². The Bertz CT molecular complexity index is 1370. The number of aromatic amines is 1. The first-order valence-electron chi connectivity index (χ1n) is 10.3. The van der Waals surface area contributed by atoms with Gasteiger partial charge in [0, 0.05) is 33.8 Å². The van der Waals surface area contributed by atoms with Crippen molar-refractivity contribution >= 4 is 22.6 Å². The number of hydrogen-bond acceptors (Lipinski definition) is 5. The number of H-pyrrole nitrogens is 1. The molecule has 2 aromatic carbocycles. The number of nitrogens with zero attached hydrogens (tertiary/aromatic N) is 2. The highest BCUT2D eigenvalue weighted by atomic mass is 16.5. The predicted molar refractivity (Wildman–Crippen MR) is 118 cm³/mol. The highest BCUT2D eigenvalue weighted by Crippen LogP contribution is 2.45. The van der Waals surface area contributed by atoms with Crippen LogP contribution in [0.1, 0.15) is 56.9 Å². The number of amides is 1. The number of ketones is 1. The monoisotopic (exact) mass is 427 g/mol. The van der Waals surface area contributed by atoms with Gasteiger partial charge in [-0.3, -0.25) is 9.59 Å². The first kappa shape index (κ1) is 19.9. The molecular weight excluding hydrogens is 406 g/mol. The molecule has 2 heterocycles. The Morgan fingerprint density at radius 3 is 2.78 bits per heavy atom. The molecule has 1 N–H and O–H groups in total. The van der Waals surface area contributed by atoms with Gasteiger partial charge in [0.05, 0.1) is 42.7 Å². The van der Waals surface area contributed by atoms with E-state index in [0.717, 1.165) is 22.2 Å². The zero-order valence-electron chi connectivity index (χ0n) is 18.0. The van der Waals surface area contributed by atoms with Crippen LogP contribution in [-0.2, 0) is 10.2 Å². The van der Waals surface area contributed by atoms with Gasteiger partial charge in [-0.15, -0.1) is 0 Å². The Balaban J connectivity index is 1.72. The molecule has 3 aromatic rings. The Morgan fingerprint density at radius 2 is 2.09 bits per heavy atom. The number of carbonyl (C=O) groups excluding carboxylic acids is 2. The maximum absolute atomic E-state index is 13.7. The summed E-state index contributed by atoms with van der Waals surface area (Å²) in [6.07, 6.45) is 3.06. The molecule has 0 unspecified atom stereocenters. The number of fused-ring (bicyclic) bond motifs is 4. The smallest absolute Gasteiger partial charge is 0.261 e. The lowest BCUT2D eigenvalue weighted by Gasteiger charge is -2.33. The number of nitriles is 1. The van der Waals surface area contributed by atoms with E-state index < -0.39 is 5.41 Å². The highest BCUT2D eigenvalue weighted by molar-refractivity contribution is 6.21. The van der Waals surface area contributed by atoms with E-state index in [1.807, 2.05) is 13.8 Å². The van der Waals surface area contributed by atoms with Gasteiger partial charge in [0.2, 0.25) is 0 Å². The molecule has 2 aliphatic rings. The fourth-order valence-electron chi connectivity index (χ4n) is 4.60. The minimum Gasteiger partial charge on any atom is -0.498 e. The number of aromatic nitrogens is 1. The van der Waals surface area contributed by atoms with Gasteiger partial charge >= 0.3 is 0 Å². The fraction of sp³-hybridized carbons (Fsp3) is 0.240. The van der Waals surface area contributed by atoms with Crippen molar-refractivity contribution in [3.63, 3.8) is 0 Å². The Hall–Kier alpha value is -4.05. The second-order valence-electron chi connectivity index (χ2n) is 8.45. The van der Waals surface area contributed by atoms with Crippen LogP contribution < -0.4 is 4.74 Å². The van der Waals surface area contributed by atoms with Crippen LogP contribution in [0.25, 0.3) is 10.9 Å². The average molecular weight is 427 g/mol. The Morgan fingerprint density at radius 1 is 1.28 bits per heavy atom. The molecule has 0 spiro atoms. The molecule has 1 aromatic heterocycles. The number of rotatable bonds is 2. The average Bonchev–Trinajstić information content (AvgIpc) is 3.22. The van der Waals surface area contributed by atoms with Gasteiger partial charge in [-0.05, 0) is 29.8 Å². The Kier molecular flexibility index (Phi) is 4.34. The molecular formula is C25H21N3O4. The topological polar surface area (TPSA) is 95.4 Å². The lowest BCUT2D eigenvalue weighted by molar-refractivity contribution is 0.0748. The van der Waals surface area contributed by atoms with Crippen molar-refractivity contribution < 1.29 is 19.1 Å². The number of nitrogens with one attached hydrogen (secondary N) is 1. The number of methoxy groups -OCH3 is 1. The summed E-state index contributed by atoms with van der Waals surface area (Å²) in [5.74, 6) is 0.0125. The molecule has 1 amide bonds. The third kappa shape index (κ3) is 2.73. The zero-order chi connectivity index (χ0) is 22.6. The summed E-state index contributed by atoms with van der Waals surface area (Å²) >= 11 is 0. The summed E-state index contributed by atoms with van der Waals surface area (Å²) in [5, 5.41) is 10.0. The number of benzene rings is 2. The molecule has 1 aliphatic carbocycles. The van der Waals surface area contributed by atoms with Gasteiger partial charge in [-0.25, -0.2) is 0 Å². The van der Waals surface area contributed by atoms with Crippen molar-refractivity contribution in [2.75, 3.05) is 20.3 Å². The number of ether oxygens (including phenoxy) is 2. The first-order chi connectivity index (χ1) is 15.4. The molecule has 7 heteroatoms. The SMILES string of the molecule is COc1cc2c(cc1C(=O)N1C=COCC1)C(=O)c1c([nH]c3cc(C#N)ccc13)C2(C)C. The predicted octanol–water partition coefficient (Wildman–Crippen LogP) is 3.86. The van der Waals surface area contributed by atoms with Gasteiger partial charge in [-0.2, -0.15) is 5.26 Å². The van der Waals surface area contributed by atoms with Crippen LogP contribution in [0.3, 0.4) is 0 Å². The van der Waals surface area contributed by atoms with Crippen LogP contribution >= 0.6 is 0 Å². The minimum atomic E-state index is -0.544. The molecule has 0 saturated carbocycles. The second kappa shape index (κ2) is 6.99. The quantitative estimate of drug-likeness (QED) is 0.670. The lowest BCUT2D eigenvalue weighted by Crippen LogP contribution is -2.33. The maximum Gasteiger partial charge on any atom is 0.261 e. The van der Waals surface area contributed by atoms with Gasteiger partial charge in [-0.1, -0.05) is 19.9 Å². The fourth-order valence-corrected chi connectivity index (χ4v) is 4.60. The van der Waals surface area contributed by atoms with E-state index in [2.05, 4.69) is 11.1 Å². The largest absolute Gasteiger partial charge is 0.498 e. The van der Waals surface area contributed by atoms with Gasteiger partial charge < -0.3 is 19.4 Å². The lowest BCUT2D eigenvalue weighted by atomic mass is 9.70. The number of hydrogen-bond donors (Lipinski definition) is 1. The summed E-state index contributed by atoms with van der Waals surface area (Å²) in [5.41, 5.74) is 3.68.